The summed E-state index contributed by atoms with van der Waals surface area (Å²) in [7, 11) is 1.77. The Labute approximate surface area is 158 Å². The topological polar surface area (TPSA) is 80.2 Å². The van der Waals surface area contributed by atoms with Gasteiger partial charge in [-0.1, -0.05) is 24.2 Å². The number of aromatic nitrogens is 3. The molecule has 26 heavy (non-hydrogen) atoms. The third kappa shape index (κ3) is 5.50. The largest absolute Gasteiger partial charge is 0.377 e. The normalized spacial score (nSPS) is 16.3. The first-order valence-electron chi connectivity index (χ1n) is 8.19. The van der Waals surface area contributed by atoms with Gasteiger partial charge in [-0.3, -0.25) is 4.79 Å². The summed E-state index contributed by atoms with van der Waals surface area (Å²) in [4.78, 5) is 25.4. The lowest BCUT2D eigenvalue weighted by molar-refractivity contribution is -0.133. The van der Waals surface area contributed by atoms with Crippen LogP contribution >= 0.6 is 11.6 Å². The van der Waals surface area contributed by atoms with Gasteiger partial charge in [0.1, 0.15) is 5.15 Å². The minimum atomic E-state index is 0.000741. The van der Waals surface area contributed by atoms with Gasteiger partial charge >= 0.3 is 0 Å². The summed E-state index contributed by atoms with van der Waals surface area (Å²) in [5.74, 6) is 0.565. The Hall–Kier alpha value is -2.51. The van der Waals surface area contributed by atoms with Crippen molar-refractivity contribution < 1.29 is 9.53 Å². The fourth-order valence-corrected chi connectivity index (χ4v) is 2.51. The van der Waals surface area contributed by atoms with E-state index in [0.29, 0.717) is 30.9 Å². The van der Waals surface area contributed by atoms with Crippen LogP contribution in [0.25, 0.3) is 11.4 Å². The molecule has 1 aliphatic heterocycles. The van der Waals surface area contributed by atoms with Gasteiger partial charge in [-0.2, -0.15) is 0 Å². The fraction of sp³-hybridized carbons (Fsp3) is 0.333. The van der Waals surface area contributed by atoms with Crippen molar-refractivity contribution in [3.05, 3.63) is 48.3 Å². The lowest BCUT2D eigenvalue weighted by Gasteiger charge is -2.32. The molecule has 1 atom stereocenters. The predicted octanol–water partition coefficient (Wildman–Crippen LogP) is 2.65. The SMILES string of the molecule is C=CC(=O)N1CCOCC1C.CNc1nccc(-c2cccc(Cl)n2)n1. The van der Waals surface area contributed by atoms with Crippen LogP contribution in [0, 0.1) is 0 Å². The minimum Gasteiger partial charge on any atom is -0.377 e. The molecular weight excluding hydrogens is 354 g/mol. The molecule has 2 aromatic heterocycles. The van der Waals surface area contributed by atoms with Gasteiger partial charge in [0, 0.05) is 19.8 Å². The second-order valence-corrected chi connectivity index (χ2v) is 5.91. The van der Waals surface area contributed by atoms with Crippen molar-refractivity contribution in [2.45, 2.75) is 13.0 Å². The number of nitrogens with zero attached hydrogens (tertiary/aromatic N) is 4. The van der Waals surface area contributed by atoms with Crippen LogP contribution in [-0.4, -0.2) is 58.6 Å². The number of halogens is 1. The molecule has 0 aromatic carbocycles. The van der Waals surface area contributed by atoms with Crippen molar-refractivity contribution in [3.63, 3.8) is 0 Å². The number of rotatable bonds is 3. The van der Waals surface area contributed by atoms with Crippen LogP contribution < -0.4 is 5.32 Å². The maximum absolute atomic E-state index is 11.1. The van der Waals surface area contributed by atoms with Crippen molar-refractivity contribution in [3.8, 4) is 11.4 Å². The van der Waals surface area contributed by atoms with Crippen LogP contribution in [0.15, 0.2) is 43.1 Å². The van der Waals surface area contributed by atoms with Gasteiger partial charge in [-0.15, -0.1) is 0 Å². The summed E-state index contributed by atoms with van der Waals surface area (Å²) in [6.07, 6.45) is 3.03. The van der Waals surface area contributed by atoms with Crippen LogP contribution in [0.3, 0.4) is 0 Å². The van der Waals surface area contributed by atoms with E-state index in [-0.39, 0.29) is 11.9 Å². The Morgan fingerprint density at radius 1 is 1.38 bits per heavy atom. The quantitative estimate of drug-likeness (QED) is 0.656. The summed E-state index contributed by atoms with van der Waals surface area (Å²) in [5.41, 5.74) is 1.48. The van der Waals surface area contributed by atoms with E-state index in [2.05, 4.69) is 26.8 Å². The van der Waals surface area contributed by atoms with Crippen LogP contribution in [0.1, 0.15) is 6.92 Å². The number of nitrogens with one attached hydrogen (secondary N) is 1. The van der Waals surface area contributed by atoms with E-state index in [1.54, 1.807) is 30.3 Å². The van der Waals surface area contributed by atoms with Crippen LogP contribution in [-0.2, 0) is 9.53 Å². The molecule has 0 saturated carbocycles. The number of pyridine rings is 1. The van der Waals surface area contributed by atoms with E-state index in [0.717, 1.165) is 11.4 Å². The second kappa shape index (κ2) is 9.84. The molecule has 0 aliphatic carbocycles. The highest BCUT2D eigenvalue weighted by Crippen LogP contribution is 2.17. The fourth-order valence-electron chi connectivity index (χ4n) is 2.34. The third-order valence-corrected chi connectivity index (χ3v) is 3.89. The van der Waals surface area contributed by atoms with E-state index < -0.39 is 0 Å². The summed E-state index contributed by atoms with van der Waals surface area (Å²) >= 11 is 5.80. The first kappa shape index (κ1) is 19.8. The Bertz CT molecular complexity index is 756. The maximum atomic E-state index is 11.1. The maximum Gasteiger partial charge on any atom is 0.246 e. The van der Waals surface area contributed by atoms with Gasteiger partial charge in [-0.05, 0) is 31.2 Å². The number of hydrogen-bond donors (Lipinski definition) is 1. The van der Waals surface area contributed by atoms with E-state index in [9.17, 15) is 4.79 Å². The number of anilines is 1. The van der Waals surface area contributed by atoms with E-state index in [1.807, 2.05) is 19.1 Å². The Kier molecular flexibility index (Phi) is 7.50. The molecular formula is C18H22ClN5O2. The molecule has 1 fully saturated rings. The van der Waals surface area contributed by atoms with Gasteiger partial charge in [0.2, 0.25) is 11.9 Å². The zero-order valence-corrected chi connectivity index (χ0v) is 15.6. The standard InChI is InChI=1S/C10H9ClN4.C8H13NO2/c1-12-10-13-6-5-8(15-10)7-3-2-4-9(11)14-7;1-3-8(10)9-4-5-11-6-7(9)2/h2-6H,1H3,(H,12,13,15);3,7H,1,4-6H2,2H3. The van der Waals surface area contributed by atoms with E-state index in [1.165, 1.54) is 6.08 Å². The number of morpholine rings is 1. The lowest BCUT2D eigenvalue weighted by atomic mass is 10.2. The van der Waals surface area contributed by atoms with Crippen molar-refractivity contribution >= 4 is 23.5 Å². The summed E-state index contributed by atoms with van der Waals surface area (Å²) in [5, 5.41) is 3.32. The number of carbonyl (C=O) groups is 1. The van der Waals surface area contributed by atoms with E-state index >= 15 is 0 Å². The number of amides is 1. The molecule has 8 heteroatoms. The molecule has 1 amide bonds. The average Bonchev–Trinajstić information content (AvgIpc) is 2.68. The average molecular weight is 376 g/mol. The second-order valence-electron chi connectivity index (χ2n) is 5.52. The predicted molar refractivity (Wildman–Crippen MR) is 102 cm³/mol. The molecule has 0 bridgehead atoms. The highest BCUT2D eigenvalue weighted by molar-refractivity contribution is 6.29. The van der Waals surface area contributed by atoms with Crippen molar-refractivity contribution in [2.75, 3.05) is 32.1 Å². The molecule has 1 saturated heterocycles. The first-order valence-corrected chi connectivity index (χ1v) is 8.57. The molecule has 1 N–H and O–H groups in total. The van der Waals surface area contributed by atoms with Gasteiger partial charge in [-0.25, -0.2) is 15.0 Å². The Balaban J connectivity index is 0.000000197. The number of carbonyl (C=O) groups excluding carboxylic acids is 1. The zero-order chi connectivity index (χ0) is 18.9. The molecule has 0 spiro atoms. The molecule has 1 aliphatic rings. The van der Waals surface area contributed by atoms with E-state index in [4.69, 9.17) is 16.3 Å². The molecule has 138 valence electrons. The van der Waals surface area contributed by atoms with Crippen LogP contribution in [0.4, 0.5) is 5.95 Å². The highest BCUT2D eigenvalue weighted by atomic mass is 35.5. The summed E-state index contributed by atoms with van der Waals surface area (Å²) < 4.78 is 5.18. The highest BCUT2D eigenvalue weighted by Gasteiger charge is 2.21. The molecule has 2 aromatic rings. The van der Waals surface area contributed by atoms with Crippen molar-refractivity contribution in [1.82, 2.24) is 19.9 Å². The molecule has 0 radical (unpaired) electrons. The molecule has 7 nitrogen and oxygen atoms in total. The first-order chi connectivity index (χ1) is 12.5. The zero-order valence-electron chi connectivity index (χ0n) is 14.9. The summed E-state index contributed by atoms with van der Waals surface area (Å²) in [6.45, 7) is 7.38. The summed E-state index contributed by atoms with van der Waals surface area (Å²) in [6, 6.07) is 7.40. The number of ether oxygens (including phenoxy) is 1. The van der Waals surface area contributed by atoms with Gasteiger partial charge < -0.3 is 15.0 Å². The number of hydrogen-bond acceptors (Lipinski definition) is 6. The van der Waals surface area contributed by atoms with Crippen molar-refractivity contribution in [2.24, 2.45) is 0 Å². The smallest absolute Gasteiger partial charge is 0.246 e. The Morgan fingerprint density at radius 2 is 2.15 bits per heavy atom. The molecule has 3 heterocycles. The molecule has 1 unspecified atom stereocenters. The van der Waals surface area contributed by atoms with Gasteiger partial charge in [0.25, 0.3) is 0 Å². The van der Waals surface area contributed by atoms with Crippen molar-refractivity contribution in [1.29, 1.82) is 0 Å². The van der Waals surface area contributed by atoms with Gasteiger partial charge in [0.15, 0.2) is 0 Å². The van der Waals surface area contributed by atoms with Crippen LogP contribution in [0.5, 0.6) is 0 Å². The monoisotopic (exact) mass is 375 g/mol. The Morgan fingerprint density at radius 3 is 2.81 bits per heavy atom. The van der Waals surface area contributed by atoms with Crippen LogP contribution in [0.2, 0.25) is 5.15 Å². The molecule has 3 rings (SSSR count). The minimum absolute atomic E-state index is 0.000741. The lowest BCUT2D eigenvalue weighted by Crippen LogP contribution is -2.46. The van der Waals surface area contributed by atoms with Gasteiger partial charge in [0.05, 0.1) is 30.6 Å². The third-order valence-electron chi connectivity index (χ3n) is 3.68.